The molecule has 1 aliphatic heterocycles. The molecule has 0 aliphatic carbocycles. The van der Waals surface area contributed by atoms with Crippen LogP contribution in [0.5, 0.6) is 0 Å². The lowest BCUT2D eigenvalue weighted by molar-refractivity contribution is 0.348. The van der Waals surface area contributed by atoms with Crippen LogP contribution in [0.1, 0.15) is 49.2 Å². The molecule has 2 atom stereocenters. The highest BCUT2D eigenvalue weighted by molar-refractivity contribution is 7.90. The van der Waals surface area contributed by atoms with Crippen molar-refractivity contribution in [1.29, 1.82) is 0 Å². The highest BCUT2D eigenvalue weighted by Gasteiger charge is 2.26. The van der Waals surface area contributed by atoms with Gasteiger partial charge < -0.3 is 9.84 Å². The molecule has 0 amide bonds. The molecule has 1 saturated heterocycles. The van der Waals surface area contributed by atoms with Crippen molar-refractivity contribution < 1.29 is 12.9 Å². The summed E-state index contributed by atoms with van der Waals surface area (Å²) >= 11 is 0. The van der Waals surface area contributed by atoms with Crippen molar-refractivity contribution >= 4 is 9.84 Å². The van der Waals surface area contributed by atoms with E-state index in [1.54, 1.807) is 6.92 Å². The van der Waals surface area contributed by atoms with Gasteiger partial charge in [-0.2, -0.15) is 4.98 Å². The van der Waals surface area contributed by atoms with Gasteiger partial charge in [-0.25, -0.2) is 8.42 Å². The average molecular weight is 259 g/mol. The Morgan fingerprint density at radius 2 is 2.24 bits per heavy atom. The third kappa shape index (κ3) is 2.84. The van der Waals surface area contributed by atoms with Gasteiger partial charge in [0.05, 0.1) is 6.04 Å². The lowest BCUT2D eigenvalue weighted by atomic mass is 10.0. The third-order valence-corrected chi connectivity index (χ3v) is 4.56. The number of hydrogen-bond donors (Lipinski definition) is 1. The monoisotopic (exact) mass is 259 g/mol. The molecular formula is C10H17N3O3S. The first-order valence-corrected chi connectivity index (χ1v) is 7.69. The molecular weight excluding hydrogens is 242 g/mol. The average Bonchev–Trinajstić information content (AvgIpc) is 2.77. The summed E-state index contributed by atoms with van der Waals surface area (Å²) < 4.78 is 27.8. The molecule has 0 aromatic carbocycles. The minimum absolute atomic E-state index is 0.0908. The van der Waals surface area contributed by atoms with Gasteiger partial charge in [0, 0.05) is 6.26 Å². The summed E-state index contributed by atoms with van der Waals surface area (Å²) in [5, 5.41) is 6.41. The number of nitrogens with zero attached hydrogens (tertiary/aromatic N) is 2. The summed E-state index contributed by atoms with van der Waals surface area (Å²) in [6, 6.07) is 0.0908. The van der Waals surface area contributed by atoms with Crippen molar-refractivity contribution in [2.45, 2.75) is 37.5 Å². The Kier molecular flexibility index (Phi) is 3.48. The number of rotatable bonds is 3. The molecule has 6 nitrogen and oxygen atoms in total. The molecule has 1 N–H and O–H groups in total. The van der Waals surface area contributed by atoms with Crippen molar-refractivity contribution in [2.24, 2.45) is 0 Å². The lowest BCUT2D eigenvalue weighted by Gasteiger charge is -2.19. The predicted molar refractivity (Wildman–Crippen MR) is 62.2 cm³/mol. The van der Waals surface area contributed by atoms with Crippen LogP contribution in [0.15, 0.2) is 4.52 Å². The Balaban J connectivity index is 2.15. The van der Waals surface area contributed by atoms with Crippen LogP contribution in [0.2, 0.25) is 0 Å². The Morgan fingerprint density at radius 1 is 1.47 bits per heavy atom. The van der Waals surface area contributed by atoms with Crippen molar-refractivity contribution in [2.75, 3.05) is 12.8 Å². The molecule has 0 saturated carbocycles. The summed E-state index contributed by atoms with van der Waals surface area (Å²) in [6.45, 7) is 2.50. The molecule has 17 heavy (non-hydrogen) atoms. The van der Waals surface area contributed by atoms with Gasteiger partial charge in [0.1, 0.15) is 5.25 Å². The van der Waals surface area contributed by atoms with Gasteiger partial charge in [0.2, 0.25) is 5.89 Å². The molecule has 1 aromatic heterocycles. The molecule has 2 unspecified atom stereocenters. The van der Waals surface area contributed by atoms with Gasteiger partial charge >= 0.3 is 0 Å². The summed E-state index contributed by atoms with van der Waals surface area (Å²) in [7, 11) is -3.19. The van der Waals surface area contributed by atoms with Gasteiger partial charge in [0.25, 0.3) is 0 Å². The molecule has 1 fully saturated rings. The predicted octanol–water partition coefficient (Wildman–Crippen LogP) is 0.990. The second kappa shape index (κ2) is 4.73. The number of hydrogen-bond acceptors (Lipinski definition) is 6. The fourth-order valence-corrected chi connectivity index (χ4v) is 2.27. The van der Waals surface area contributed by atoms with Crippen LogP contribution in [0.25, 0.3) is 0 Å². The van der Waals surface area contributed by atoms with Crippen LogP contribution in [0.3, 0.4) is 0 Å². The largest absolute Gasteiger partial charge is 0.338 e. The van der Waals surface area contributed by atoms with E-state index >= 15 is 0 Å². The van der Waals surface area contributed by atoms with Crippen LogP contribution in [-0.2, 0) is 9.84 Å². The second-order valence-electron chi connectivity index (χ2n) is 4.47. The minimum atomic E-state index is -3.19. The molecule has 0 spiro atoms. The first-order valence-electron chi connectivity index (χ1n) is 5.74. The van der Waals surface area contributed by atoms with Gasteiger partial charge in [0.15, 0.2) is 15.7 Å². The minimum Gasteiger partial charge on any atom is -0.338 e. The van der Waals surface area contributed by atoms with Gasteiger partial charge in [-0.15, -0.1) is 0 Å². The molecule has 0 bridgehead atoms. The molecule has 7 heteroatoms. The maximum atomic E-state index is 11.4. The first kappa shape index (κ1) is 12.5. The Morgan fingerprint density at radius 3 is 2.82 bits per heavy atom. The highest BCUT2D eigenvalue weighted by atomic mass is 32.2. The van der Waals surface area contributed by atoms with E-state index in [0.717, 1.165) is 25.8 Å². The zero-order valence-corrected chi connectivity index (χ0v) is 10.8. The van der Waals surface area contributed by atoms with Crippen molar-refractivity contribution in [3.05, 3.63) is 11.7 Å². The summed E-state index contributed by atoms with van der Waals surface area (Å²) in [4.78, 5) is 4.18. The number of piperidine rings is 1. The quantitative estimate of drug-likeness (QED) is 0.871. The first-order chi connectivity index (χ1) is 7.98. The van der Waals surface area contributed by atoms with Crippen molar-refractivity contribution in [1.82, 2.24) is 15.5 Å². The standard InChI is InChI=1S/C10H17N3O3S/c1-7(17(2,14)15)10-12-9(13-16-10)8-5-3-4-6-11-8/h7-8,11H,3-6H2,1-2H3. The fraction of sp³-hybridized carbons (Fsp3) is 0.800. The van der Waals surface area contributed by atoms with Crippen molar-refractivity contribution in [3.63, 3.8) is 0 Å². The van der Waals surface area contributed by atoms with Gasteiger partial charge in [-0.1, -0.05) is 11.6 Å². The van der Waals surface area contributed by atoms with E-state index in [9.17, 15) is 8.42 Å². The smallest absolute Gasteiger partial charge is 0.244 e. The molecule has 96 valence electrons. The van der Waals surface area contributed by atoms with E-state index < -0.39 is 15.1 Å². The second-order valence-corrected chi connectivity index (χ2v) is 6.83. The Hall–Kier alpha value is -0.950. The topological polar surface area (TPSA) is 85.1 Å². The SMILES string of the molecule is CC(c1nc(C2CCCCN2)no1)S(C)(=O)=O. The molecule has 2 rings (SSSR count). The van der Waals surface area contributed by atoms with Crippen LogP contribution >= 0.6 is 0 Å². The number of sulfone groups is 1. The lowest BCUT2D eigenvalue weighted by Crippen LogP contribution is -2.27. The van der Waals surface area contributed by atoms with E-state index in [4.69, 9.17) is 4.52 Å². The fourth-order valence-electron chi connectivity index (χ4n) is 1.81. The Labute approximate surface area is 101 Å². The maximum absolute atomic E-state index is 11.4. The van der Waals surface area contributed by atoms with E-state index in [1.165, 1.54) is 6.26 Å². The van der Waals surface area contributed by atoms with Crippen LogP contribution < -0.4 is 5.32 Å². The highest BCUT2D eigenvalue weighted by Crippen LogP contribution is 2.24. The maximum Gasteiger partial charge on any atom is 0.244 e. The van der Waals surface area contributed by atoms with Crippen LogP contribution in [0, 0.1) is 0 Å². The van der Waals surface area contributed by atoms with Crippen LogP contribution in [-0.4, -0.2) is 31.4 Å². The normalized spacial score (nSPS) is 23.5. The number of aromatic nitrogens is 2. The molecule has 0 radical (unpaired) electrons. The van der Waals surface area contributed by atoms with Gasteiger partial charge in [-0.05, 0) is 26.3 Å². The molecule has 2 heterocycles. The van der Waals surface area contributed by atoms with E-state index in [2.05, 4.69) is 15.5 Å². The van der Waals surface area contributed by atoms with E-state index in [-0.39, 0.29) is 11.9 Å². The number of nitrogens with one attached hydrogen (secondary N) is 1. The summed E-state index contributed by atoms with van der Waals surface area (Å²) in [5.74, 6) is 0.741. The summed E-state index contributed by atoms with van der Waals surface area (Å²) in [5.41, 5.74) is 0. The van der Waals surface area contributed by atoms with E-state index in [1.807, 2.05) is 0 Å². The van der Waals surface area contributed by atoms with Crippen LogP contribution in [0.4, 0.5) is 0 Å². The van der Waals surface area contributed by atoms with Gasteiger partial charge in [-0.3, -0.25) is 0 Å². The molecule has 1 aromatic rings. The molecule has 1 aliphatic rings. The third-order valence-electron chi connectivity index (χ3n) is 3.07. The van der Waals surface area contributed by atoms with Crippen molar-refractivity contribution in [3.8, 4) is 0 Å². The zero-order chi connectivity index (χ0) is 12.5. The zero-order valence-electron chi connectivity index (χ0n) is 10.0. The summed E-state index contributed by atoms with van der Waals surface area (Å²) in [6.07, 6.45) is 4.41. The van der Waals surface area contributed by atoms with E-state index in [0.29, 0.717) is 5.82 Å². The Bertz CT molecular complexity index is 477.